The van der Waals surface area contributed by atoms with Crippen LogP contribution in [0.25, 0.3) is 10.2 Å². The van der Waals surface area contributed by atoms with Crippen LogP contribution in [0.2, 0.25) is 0 Å². The van der Waals surface area contributed by atoms with Gasteiger partial charge in [0.1, 0.15) is 30.3 Å². The summed E-state index contributed by atoms with van der Waals surface area (Å²) >= 11 is 1.37. The van der Waals surface area contributed by atoms with Gasteiger partial charge in [-0.3, -0.25) is 28.8 Å². The zero-order valence-corrected chi connectivity index (χ0v) is 49.8. The molecule has 0 N–H and O–H groups in total. The molecule has 22 heteroatoms. The van der Waals surface area contributed by atoms with Gasteiger partial charge in [-0.1, -0.05) is 43.2 Å². The van der Waals surface area contributed by atoms with Gasteiger partial charge < -0.3 is 42.6 Å². The number of fused-ring (bicyclic) bond motifs is 1. The normalized spacial score (nSPS) is 22.0. The number of thiazole rings is 1. The van der Waals surface area contributed by atoms with Crippen LogP contribution in [0.3, 0.4) is 0 Å². The van der Waals surface area contributed by atoms with Crippen LogP contribution in [0.15, 0.2) is 85.0 Å². The second-order valence-electron chi connectivity index (χ2n) is 22.2. The Morgan fingerprint density at radius 2 is 0.988 bits per heavy atom. The van der Waals surface area contributed by atoms with E-state index in [1.807, 2.05) is 24.3 Å². The summed E-state index contributed by atoms with van der Waals surface area (Å²) in [6, 6.07) is 12.2. The van der Waals surface area contributed by atoms with Crippen molar-refractivity contribution in [2.75, 3.05) is 44.6 Å². The monoisotopic (exact) mass is 1210 g/mol. The van der Waals surface area contributed by atoms with Gasteiger partial charge in [-0.05, 0) is 166 Å². The number of unbranched alkanes of at least 4 members (excludes halogenated alkanes) is 2. The summed E-state index contributed by atoms with van der Waals surface area (Å²) in [6.45, 7) is 12.8. The average molecular weight is 1210 g/mol. The summed E-state index contributed by atoms with van der Waals surface area (Å²) in [7, 11) is 0. The van der Waals surface area contributed by atoms with Crippen molar-refractivity contribution < 1.29 is 85.8 Å². The molecule has 0 saturated heterocycles. The van der Waals surface area contributed by atoms with E-state index >= 15 is 0 Å². The van der Waals surface area contributed by atoms with E-state index in [4.69, 9.17) is 52.7 Å². The fourth-order valence-electron chi connectivity index (χ4n) is 10.8. The first-order valence-corrected chi connectivity index (χ1v) is 30.8. The predicted octanol–water partition coefficient (Wildman–Crippen LogP) is 9.99. The molecule has 4 saturated carbocycles. The lowest BCUT2D eigenvalue weighted by molar-refractivity contribution is -0.161. The number of aromatic nitrogens is 1. The maximum absolute atomic E-state index is 14.0. The molecule has 0 bridgehead atoms. The van der Waals surface area contributed by atoms with Crippen molar-refractivity contribution in [2.24, 2.45) is 40.6 Å². The minimum atomic E-state index is -0.564. The van der Waals surface area contributed by atoms with Crippen molar-refractivity contribution in [1.29, 1.82) is 0 Å². The fraction of sp³-hybridized carbons (Fsp3) is 0.547. The van der Waals surface area contributed by atoms with E-state index < -0.39 is 41.7 Å². The number of hydrazone groups is 1. The summed E-state index contributed by atoms with van der Waals surface area (Å²) in [5.41, 5.74) is 1.27. The summed E-state index contributed by atoms with van der Waals surface area (Å²) in [4.78, 5) is 119. The van der Waals surface area contributed by atoms with Gasteiger partial charge >= 0.3 is 53.7 Å². The topological polar surface area (TPSA) is 265 Å². The predicted molar refractivity (Wildman–Crippen MR) is 315 cm³/mol. The molecule has 1 heterocycles. The minimum Gasteiger partial charge on any atom is -0.465 e. The Kier molecular flexibility index (Phi) is 25.9. The van der Waals surface area contributed by atoms with Crippen LogP contribution in [-0.2, 0) is 76.3 Å². The molecule has 0 spiro atoms. The van der Waals surface area contributed by atoms with E-state index in [1.54, 1.807) is 18.0 Å². The van der Waals surface area contributed by atoms with Gasteiger partial charge in [0.25, 0.3) is 0 Å². The Hall–Kier alpha value is -7.75. The van der Waals surface area contributed by atoms with E-state index in [0.29, 0.717) is 139 Å². The second kappa shape index (κ2) is 33.8. The molecule has 0 radical (unpaired) electrons. The highest BCUT2D eigenvalue weighted by atomic mass is 32.1. The lowest BCUT2D eigenvalue weighted by Crippen LogP contribution is -2.33. The van der Waals surface area contributed by atoms with Crippen molar-refractivity contribution in [3.05, 3.63) is 85.5 Å². The molecular weight excluding hydrogens is 1130 g/mol. The molecule has 0 unspecified atom stereocenters. The van der Waals surface area contributed by atoms with Gasteiger partial charge in [0.05, 0.1) is 84.9 Å². The van der Waals surface area contributed by atoms with Crippen LogP contribution in [0.4, 0.5) is 5.13 Å². The number of rotatable bonds is 29. The van der Waals surface area contributed by atoms with Gasteiger partial charge in [-0.15, -0.1) is 0 Å². The van der Waals surface area contributed by atoms with Gasteiger partial charge in [0, 0.05) is 23.3 Å². The first kappa shape index (κ1) is 65.8. The lowest BCUT2D eigenvalue weighted by atomic mass is 9.82. The molecule has 4 aliphatic carbocycles. The number of carbonyl (C=O) groups excluding carboxylic acids is 9. The van der Waals surface area contributed by atoms with Gasteiger partial charge in [-0.2, -0.15) is 5.10 Å². The van der Waals surface area contributed by atoms with Gasteiger partial charge in [0.15, 0.2) is 0 Å². The van der Waals surface area contributed by atoms with Crippen LogP contribution in [-0.4, -0.2) is 117 Å². The van der Waals surface area contributed by atoms with E-state index in [2.05, 4.69) is 19.7 Å². The largest absolute Gasteiger partial charge is 0.465 e. The van der Waals surface area contributed by atoms with Crippen molar-refractivity contribution in [2.45, 2.75) is 148 Å². The highest BCUT2D eigenvalue weighted by Crippen LogP contribution is 2.37. The van der Waals surface area contributed by atoms with Crippen LogP contribution in [0.5, 0.6) is 11.5 Å². The van der Waals surface area contributed by atoms with Crippen LogP contribution in [0.1, 0.15) is 141 Å². The summed E-state index contributed by atoms with van der Waals surface area (Å²) in [6.07, 6.45) is 12.6. The van der Waals surface area contributed by atoms with Crippen LogP contribution >= 0.6 is 11.3 Å². The van der Waals surface area contributed by atoms with Gasteiger partial charge in [-0.25, -0.2) is 24.4 Å². The SMILES string of the molecule is C=CC(=O)OCCCCOC(=O)C1CCC(C(=O)OC2CCC(C(=O)Oc3ccc(OC(=O)C4CCC(OC(=O)C5CCC(C(=O)OCCCCOC(=O)C=C)CC5)CC4)c(/C=N/N(CCOC(=O)C(=C)C)c4nc5ccccc5s4)c3)CC2)CC1. The summed E-state index contributed by atoms with van der Waals surface area (Å²) < 4.78 is 51.0. The number of para-hydroxylation sites is 1. The third kappa shape index (κ3) is 20.5. The van der Waals surface area contributed by atoms with E-state index in [1.165, 1.54) is 29.7 Å². The maximum Gasteiger partial charge on any atom is 0.333 e. The molecule has 86 heavy (non-hydrogen) atoms. The van der Waals surface area contributed by atoms with Crippen molar-refractivity contribution >= 4 is 86.6 Å². The number of hydrogen-bond donors (Lipinski definition) is 0. The third-order valence-electron chi connectivity index (χ3n) is 15.9. The van der Waals surface area contributed by atoms with Gasteiger partial charge in [0.2, 0.25) is 5.13 Å². The Morgan fingerprint density at radius 1 is 0.547 bits per heavy atom. The van der Waals surface area contributed by atoms with E-state index in [0.717, 1.165) is 22.4 Å². The van der Waals surface area contributed by atoms with E-state index in [-0.39, 0.29) is 116 Å². The van der Waals surface area contributed by atoms with Crippen LogP contribution in [0, 0.1) is 35.5 Å². The Bertz CT molecular complexity index is 2870. The molecule has 3 aromatic rings. The van der Waals surface area contributed by atoms with Crippen molar-refractivity contribution in [3.8, 4) is 11.5 Å². The smallest absolute Gasteiger partial charge is 0.333 e. The molecule has 4 aliphatic rings. The zero-order valence-electron chi connectivity index (χ0n) is 49.0. The molecule has 2 aromatic carbocycles. The first-order chi connectivity index (χ1) is 41.6. The number of anilines is 1. The molecule has 0 aliphatic heterocycles. The Balaban J connectivity index is 0.915. The second-order valence-corrected chi connectivity index (χ2v) is 23.2. The fourth-order valence-corrected chi connectivity index (χ4v) is 11.7. The molecule has 0 atom stereocenters. The summed E-state index contributed by atoms with van der Waals surface area (Å²) in [5, 5.41) is 6.82. The number of benzene rings is 2. The average Bonchev–Trinajstić information content (AvgIpc) is 4.01. The number of esters is 9. The number of hydrogen-bond acceptors (Lipinski definition) is 22. The molecule has 21 nitrogen and oxygen atoms in total. The molecule has 1 aromatic heterocycles. The number of ether oxygens (including phenoxy) is 9. The zero-order chi connectivity index (χ0) is 61.4. The number of nitrogens with zero attached hydrogens (tertiary/aromatic N) is 3. The Morgan fingerprint density at radius 3 is 1.47 bits per heavy atom. The third-order valence-corrected chi connectivity index (χ3v) is 16.9. The lowest BCUT2D eigenvalue weighted by Gasteiger charge is -2.30. The molecular formula is C64H79N3O18S. The molecule has 0 amide bonds. The highest BCUT2D eigenvalue weighted by molar-refractivity contribution is 7.22. The van der Waals surface area contributed by atoms with E-state index in [9.17, 15) is 43.2 Å². The molecule has 4 fully saturated rings. The maximum atomic E-state index is 14.0. The van der Waals surface area contributed by atoms with Crippen molar-refractivity contribution in [3.63, 3.8) is 0 Å². The highest BCUT2D eigenvalue weighted by Gasteiger charge is 2.37. The summed E-state index contributed by atoms with van der Waals surface area (Å²) in [5.74, 6) is -5.68. The van der Waals surface area contributed by atoms with Crippen LogP contribution < -0.4 is 14.5 Å². The van der Waals surface area contributed by atoms with Crippen molar-refractivity contribution in [1.82, 2.24) is 4.98 Å². The molecule has 464 valence electrons. The first-order valence-electron chi connectivity index (χ1n) is 30.0. The minimum absolute atomic E-state index is 0.0577. The quantitative estimate of drug-likeness (QED) is 0.0119. The molecule has 7 rings (SSSR count). The standard InChI is InChI=1S/C64H79N3O18S/c1-5-55(68)77-34-9-11-36-79-58(71)42-15-19-44(20-16-42)60(73)82-49-27-23-46(24-28-49)62(75)84-51-31-32-53(48(39-51)40-65-67(33-38-81-57(70)41(3)4)64-66-52-13-7-8-14-54(52)86-64)85-63(76)47-25-29-50(30-26-47)83-61(74)45-21-17-43(18-22-45)59(72)80-37-12-10-35-78-56(69)6-2/h5-8,13-14,31-32,39-40,42-47,49-50H,1-3,9-12,15-30,33-38H2,4H3/b65-40+. The number of carbonyl (C=O) groups is 9. The Labute approximate surface area is 505 Å².